The maximum absolute atomic E-state index is 12.6. The first-order chi connectivity index (χ1) is 14.3. The molecule has 1 N–H and O–H groups in total. The van der Waals surface area contributed by atoms with E-state index in [2.05, 4.69) is 5.32 Å². The molecule has 0 atom stereocenters. The Kier molecular flexibility index (Phi) is 6.97. The second-order valence-corrected chi connectivity index (χ2v) is 7.21. The molecule has 0 radical (unpaired) electrons. The number of hydrogen-bond acceptors (Lipinski definition) is 3. The second kappa shape index (κ2) is 9.65. The second-order valence-electron chi connectivity index (χ2n) is 7.21. The van der Waals surface area contributed by atoms with E-state index in [4.69, 9.17) is 4.74 Å². The third kappa shape index (κ3) is 5.98. The summed E-state index contributed by atoms with van der Waals surface area (Å²) in [6.07, 6.45) is -2.94. The number of para-hydroxylation sites is 1. The van der Waals surface area contributed by atoms with E-state index in [0.717, 1.165) is 25.0 Å². The number of amides is 2. The Morgan fingerprint density at radius 3 is 2.23 bits per heavy atom. The zero-order valence-electron chi connectivity index (χ0n) is 16.3. The van der Waals surface area contributed by atoms with Crippen molar-refractivity contribution in [2.75, 3.05) is 26.2 Å². The molecule has 2 aromatic carbocycles. The summed E-state index contributed by atoms with van der Waals surface area (Å²) in [6.45, 7) is 1.57. The number of alkyl halides is 3. The molecule has 0 aliphatic carbocycles. The molecular formula is C22H23F3N2O3. The van der Waals surface area contributed by atoms with Crippen LogP contribution in [-0.2, 0) is 11.0 Å². The third-order valence-electron chi connectivity index (χ3n) is 5.10. The fraction of sp³-hybridized carbons (Fsp3) is 0.364. The predicted octanol–water partition coefficient (Wildman–Crippen LogP) is 3.75. The number of nitrogens with one attached hydrogen (secondary N) is 1. The van der Waals surface area contributed by atoms with Crippen molar-refractivity contribution >= 4 is 11.8 Å². The van der Waals surface area contributed by atoms with E-state index in [1.807, 2.05) is 18.2 Å². The number of halogens is 3. The van der Waals surface area contributed by atoms with Gasteiger partial charge in [-0.05, 0) is 55.2 Å². The minimum atomic E-state index is -4.42. The van der Waals surface area contributed by atoms with Crippen LogP contribution >= 0.6 is 0 Å². The van der Waals surface area contributed by atoms with Crippen molar-refractivity contribution < 1.29 is 27.5 Å². The molecule has 0 unspecified atom stereocenters. The molecule has 160 valence electrons. The van der Waals surface area contributed by atoms with Crippen molar-refractivity contribution in [2.45, 2.75) is 19.0 Å². The maximum atomic E-state index is 12.6. The minimum Gasteiger partial charge on any atom is -0.484 e. The van der Waals surface area contributed by atoms with E-state index < -0.39 is 17.6 Å². The molecule has 8 heteroatoms. The van der Waals surface area contributed by atoms with Crippen molar-refractivity contribution in [3.63, 3.8) is 0 Å². The summed E-state index contributed by atoms with van der Waals surface area (Å²) in [7, 11) is 0. The lowest BCUT2D eigenvalue weighted by Crippen LogP contribution is -2.43. The number of carbonyl (C=O) groups is 2. The summed E-state index contributed by atoms with van der Waals surface area (Å²) in [5.41, 5.74) is -0.596. The number of benzene rings is 2. The van der Waals surface area contributed by atoms with Crippen molar-refractivity contribution in [3.8, 4) is 5.75 Å². The molecule has 1 aliphatic heterocycles. The molecule has 0 aromatic heterocycles. The lowest BCUT2D eigenvalue weighted by molar-refractivity contribution is -0.137. The highest BCUT2D eigenvalue weighted by Gasteiger charge is 2.30. The van der Waals surface area contributed by atoms with E-state index >= 15 is 0 Å². The van der Waals surface area contributed by atoms with E-state index in [0.29, 0.717) is 25.4 Å². The standard InChI is InChI=1S/C22H23F3N2O3/c23-22(24,25)18-8-6-17(7-9-18)21(29)26-14-16-10-12-27(13-11-16)20(28)15-30-19-4-2-1-3-5-19/h1-9,16H,10-15H2,(H,26,29). The Balaban J connectivity index is 1.39. The minimum absolute atomic E-state index is 0.0145. The van der Waals surface area contributed by atoms with Gasteiger partial charge in [0.1, 0.15) is 5.75 Å². The van der Waals surface area contributed by atoms with Crippen LogP contribution in [0.25, 0.3) is 0 Å². The number of likely N-dealkylation sites (tertiary alicyclic amines) is 1. The van der Waals surface area contributed by atoms with Gasteiger partial charge in [-0.15, -0.1) is 0 Å². The number of piperidine rings is 1. The van der Waals surface area contributed by atoms with Gasteiger partial charge in [-0.3, -0.25) is 9.59 Å². The summed E-state index contributed by atoms with van der Waals surface area (Å²) >= 11 is 0. The normalized spacial score (nSPS) is 15.0. The average molecular weight is 420 g/mol. The van der Waals surface area contributed by atoms with Crippen LogP contribution in [0.5, 0.6) is 5.75 Å². The molecule has 0 bridgehead atoms. The highest BCUT2D eigenvalue weighted by Crippen LogP contribution is 2.29. The Hall–Kier alpha value is -3.03. The van der Waals surface area contributed by atoms with E-state index in [1.54, 1.807) is 17.0 Å². The van der Waals surface area contributed by atoms with Gasteiger partial charge in [0.15, 0.2) is 6.61 Å². The molecule has 30 heavy (non-hydrogen) atoms. The molecule has 3 rings (SSSR count). The zero-order valence-corrected chi connectivity index (χ0v) is 16.3. The van der Waals surface area contributed by atoms with Crippen LogP contribution in [0.1, 0.15) is 28.8 Å². The van der Waals surface area contributed by atoms with Crippen molar-refractivity contribution in [1.82, 2.24) is 10.2 Å². The van der Waals surface area contributed by atoms with Crippen molar-refractivity contribution in [2.24, 2.45) is 5.92 Å². The first kappa shape index (κ1) is 21.7. The lowest BCUT2D eigenvalue weighted by Gasteiger charge is -2.32. The fourth-order valence-electron chi connectivity index (χ4n) is 3.29. The van der Waals surface area contributed by atoms with Gasteiger partial charge in [0, 0.05) is 25.2 Å². The first-order valence-electron chi connectivity index (χ1n) is 9.74. The van der Waals surface area contributed by atoms with Gasteiger partial charge in [0.05, 0.1) is 5.56 Å². The Morgan fingerprint density at radius 1 is 1.00 bits per heavy atom. The topological polar surface area (TPSA) is 58.6 Å². The van der Waals surface area contributed by atoms with Crippen LogP contribution in [0.3, 0.4) is 0 Å². The summed E-state index contributed by atoms with van der Waals surface area (Å²) in [4.78, 5) is 26.2. The van der Waals surface area contributed by atoms with Crippen LogP contribution in [0.2, 0.25) is 0 Å². The summed E-state index contributed by atoms with van der Waals surface area (Å²) in [6, 6.07) is 13.3. The van der Waals surface area contributed by atoms with Gasteiger partial charge in [0.2, 0.25) is 0 Å². The molecule has 0 saturated carbocycles. The number of nitrogens with zero attached hydrogens (tertiary/aromatic N) is 1. The molecule has 2 amide bonds. The van der Waals surface area contributed by atoms with Crippen LogP contribution < -0.4 is 10.1 Å². The quantitative estimate of drug-likeness (QED) is 0.774. The molecule has 1 fully saturated rings. The SMILES string of the molecule is O=C(NCC1CCN(C(=O)COc2ccccc2)CC1)c1ccc(C(F)(F)F)cc1. The van der Waals surface area contributed by atoms with E-state index in [-0.39, 0.29) is 24.0 Å². The highest BCUT2D eigenvalue weighted by atomic mass is 19.4. The molecule has 1 heterocycles. The fourth-order valence-corrected chi connectivity index (χ4v) is 3.29. The average Bonchev–Trinajstić information content (AvgIpc) is 2.76. The van der Waals surface area contributed by atoms with Gasteiger partial charge in [0.25, 0.3) is 11.8 Å². The monoisotopic (exact) mass is 420 g/mol. The van der Waals surface area contributed by atoms with Crippen molar-refractivity contribution in [3.05, 3.63) is 65.7 Å². The first-order valence-corrected chi connectivity index (χ1v) is 9.74. The largest absolute Gasteiger partial charge is 0.484 e. The van der Waals surface area contributed by atoms with Gasteiger partial charge in [-0.2, -0.15) is 13.2 Å². The molecule has 1 saturated heterocycles. The number of ether oxygens (including phenoxy) is 1. The number of carbonyl (C=O) groups excluding carboxylic acids is 2. The van der Waals surface area contributed by atoms with Crippen LogP contribution in [0, 0.1) is 5.92 Å². The van der Waals surface area contributed by atoms with Crippen LogP contribution in [0.15, 0.2) is 54.6 Å². The Morgan fingerprint density at radius 2 is 1.63 bits per heavy atom. The maximum Gasteiger partial charge on any atom is 0.416 e. The summed E-state index contributed by atoms with van der Waals surface area (Å²) in [5, 5.41) is 2.77. The lowest BCUT2D eigenvalue weighted by atomic mass is 9.96. The van der Waals surface area contributed by atoms with Crippen LogP contribution in [0.4, 0.5) is 13.2 Å². The molecule has 1 aliphatic rings. The molecule has 5 nitrogen and oxygen atoms in total. The van der Waals surface area contributed by atoms with Gasteiger partial charge in [-0.25, -0.2) is 0 Å². The van der Waals surface area contributed by atoms with Gasteiger partial charge < -0.3 is 15.0 Å². The van der Waals surface area contributed by atoms with Crippen LogP contribution in [-0.4, -0.2) is 43.0 Å². The van der Waals surface area contributed by atoms with Gasteiger partial charge >= 0.3 is 6.18 Å². The Labute approximate surface area is 172 Å². The zero-order chi connectivity index (χ0) is 21.6. The van der Waals surface area contributed by atoms with E-state index in [9.17, 15) is 22.8 Å². The number of hydrogen-bond donors (Lipinski definition) is 1. The third-order valence-corrected chi connectivity index (χ3v) is 5.10. The van der Waals surface area contributed by atoms with Crippen molar-refractivity contribution in [1.29, 1.82) is 0 Å². The van der Waals surface area contributed by atoms with Gasteiger partial charge in [-0.1, -0.05) is 18.2 Å². The Bertz CT molecular complexity index is 846. The predicted molar refractivity (Wildman–Crippen MR) is 105 cm³/mol. The molecule has 0 spiro atoms. The van der Waals surface area contributed by atoms with E-state index in [1.165, 1.54) is 12.1 Å². The summed E-state index contributed by atoms with van der Waals surface area (Å²) in [5.74, 6) is 0.374. The molecular weight excluding hydrogens is 397 g/mol. The highest BCUT2D eigenvalue weighted by molar-refractivity contribution is 5.94. The number of rotatable bonds is 6. The smallest absolute Gasteiger partial charge is 0.416 e. The molecule has 2 aromatic rings. The summed E-state index contributed by atoms with van der Waals surface area (Å²) < 4.78 is 43.3.